The van der Waals surface area contributed by atoms with Crippen LogP contribution in [0.4, 0.5) is 0 Å². The maximum absolute atomic E-state index is 12.4. The number of hydrogen-bond donors (Lipinski definition) is 1. The van der Waals surface area contributed by atoms with Crippen molar-refractivity contribution in [1.29, 1.82) is 0 Å². The number of fused-ring (bicyclic) bond motifs is 3. The highest BCUT2D eigenvalue weighted by Gasteiger charge is 2.61. The lowest BCUT2D eigenvalue weighted by atomic mass is 9.78. The van der Waals surface area contributed by atoms with Gasteiger partial charge in [0.05, 0.1) is 43.3 Å². The first-order valence-electron chi connectivity index (χ1n) is 8.99. The minimum atomic E-state index is -1.34. The molecule has 0 radical (unpaired) electrons. The van der Waals surface area contributed by atoms with Crippen LogP contribution in [-0.2, 0) is 27.9 Å². The normalized spacial score (nSPS) is 31.5. The van der Waals surface area contributed by atoms with E-state index in [0.717, 1.165) is 13.0 Å². The van der Waals surface area contributed by atoms with Gasteiger partial charge < -0.3 is 24.6 Å². The smallest absolute Gasteiger partial charge is 0.243 e. The molecule has 1 aromatic heterocycles. The summed E-state index contributed by atoms with van der Waals surface area (Å²) in [7, 11) is 1.95. The zero-order chi connectivity index (χ0) is 18.6. The molecule has 8 nitrogen and oxygen atoms in total. The first-order chi connectivity index (χ1) is 12.4. The van der Waals surface area contributed by atoms with E-state index in [1.807, 2.05) is 30.3 Å². The SMILES string of the molecule is C[C@@H](O)[C@H]1C(=O)N2C(C(=O)[O-])=C3[C@@H](CCn4cc[n+](C)c4)CCO[C@@H]3[C@H]12. The van der Waals surface area contributed by atoms with Crippen LogP contribution in [0.5, 0.6) is 0 Å². The van der Waals surface area contributed by atoms with Crippen molar-refractivity contribution < 1.29 is 29.1 Å². The molecule has 4 heterocycles. The fraction of sp³-hybridized carbons (Fsp3) is 0.611. The minimum absolute atomic E-state index is 0.0161. The molecule has 140 valence electrons. The Morgan fingerprint density at radius 3 is 2.92 bits per heavy atom. The largest absolute Gasteiger partial charge is 0.543 e. The monoisotopic (exact) mass is 361 g/mol. The lowest BCUT2D eigenvalue weighted by Gasteiger charge is -2.47. The van der Waals surface area contributed by atoms with Gasteiger partial charge in [-0.15, -0.1) is 0 Å². The zero-order valence-electron chi connectivity index (χ0n) is 14.9. The Hall–Kier alpha value is -2.19. The molecule has 2 saturated heterocycles. The predicted octanol–water partition coefficient (Wildman–Crippen LogP) is -1.67. The fourth-order valence-corrected chi connectivity index (χ4v) is 4.63. The van der Waals surface area contributed by atoms with E-state index >= 15 is 0 Å². The molecule has 0 saturated carbocycles. The van der Waals surface area contributed by atoms with Crippen LogP contribution in [0.15, 0.2) is 30.0 Å². The number of aromatic nitrogens is 2. The van der Waals surface area contributed by atoms with E-state index in [9.17, 15) is 19.8 Å². The van der Waals surface area contributed by atoms with E-state index in [-0.39, 0.29) is 17.5 Å². The summed E-state index contributed by atoms with van der Waals surface area (Å²) in [6.07, 6.45) is 6.07. The Morgan fingerprint density at radius 1 is 1.54 bits per heavy atom. The van der Waals surface area contributed by atoms with Crippen LogP contribution in [0.25, 0.3) is 0 Å². The molecule has 3 aliphatic heterocycles. The Labute approximate surface area is 151 Å². The number of nitrogens with zero attached hydrogens (tertiary/aromatic N) is 3. The number of imidazole rings is 1. The number of carboxylic acid groups (broad SMARTS) is 1. The van der Waals surface area contributed by atoms with Gasteiger partial charge in [-0.3, -0.25) is 4.79 Å². The van der Waals surface area contributed by atoms with Gasteiger partial charge in [0.15, 0.2) is 0 Å². The third kappa shape index (κ3) is 2.47. The lowest BCUT2D eigenvalue weighted by molar-refractivity contribution is -0.671. The molecule has 0 spiro atoms. The number of ether oxygens (including phenoxy) is 1. The topological polar surface area (TPSA) is 98.7 Å². The third-order valence-electron chi connectivity index (χ3n) is 5.80. The number of hydrogen-bond acceptors (Lipinski definition) is 5. The summed E-state index contributed by atoms with van der Waals surface area (Å²) in [4.78, 5) is 25.5. The first-order valence-corrected chi connectivity index (χ1v) is 8.99. The Morgan fingerprint density at radius 2 is 2.31 bits per heavy atom. The highest BCUT2D eigenvalue weighted by molar-refractivity contribution is 5.99. The van der Waals surface area contributed by atoms with Gasteiger partial charge in [0.2, 0.25) is 12.2 Å². The predicted molar refractivity (Wildman–Crippen MR) is 85.9 cm³/mol. The lowest BCUT2D eigenvalue weighted by Crippen LogP contribution is -2.66. The quantitative estimate of drug-likeness (QED) is 0.500. The second kappa shape index (κ2) is 6.21. The Bertz CT molecular complexity index is 784. The number of carboxylic acids is 1. The molecular weight excluding hydrogens is 338 g/mol. The van der Waals surface area contributed by atoms with Crippen molar-refractivity contribution in [1.82, 2.24) is 9.47 Å². The van der Waals surface area contributed by atoms with E-state index in [1.54, 1.807) is 6.92 Å². The number of carbonyl (C=O) groups excluding carboxylic acids is 2. The molecule has 1 aromatic rings. The molecular formula is C18H23N3O5. The molecule has 0 unspecified atom stereocenters. The average Bonchev–Trinajstić information content (AvgIpc) is 3.12. The molecule has 26 heavy (non-hydrogen) atoms. The summed E-state index contributed by atoms with van der Waals surface area (Å²) in [6, 6.07) is -0.433. The number of β-lactam (4-membered cyclic amide) rings is 1. The average molecular weight is 361 g/mol. The van der Waals surface area contributed by atoms with Crippen molar-refractivity contribution >= 4 is 11.9 Å². The van der Waals surface area contributed by atoms with Gasteiger partial charge in [-0.05, 0) is 31.3 Å². The summed E-state index contributed by atoms with van der Waals surface area (Å²) < 4.78 is 9.87. The first kappa shape index (κ1) is 17.2. The fourth-order valence-electron chi connectivity index (χ4n) is 4.63. The van der Waals surface area contributed by atoms with Gasteiger partial charge in [-0.2, -0.15) is 0 Å². The molecule has 1 amide bonds. The summed E-state index contributed by atoms with van der Waals surface area (Å²) in [5, 5.41) is 21.7. The van der Waals surface area contributed by atoms with Crippen LogP contribution in [0.2, 0.25) is 0 Å². The van der Waals surface area contributed by atoms with E-state index in [4.69, 9.17) is 4.74 Å². The molecule has 1 N–H and O–H groups in total. The van der Waals surface area contributed by atoms with E-state index in [0.29, 0.717) is 18.6 Å². The Kier molecular flexibility index (Phi) is 4.11. The molecule has 2 fully saturated rings. The van der Waals surface area contributed by atoms with Crippen LogP contribution in [-0.4, -0.2) is 51.3 Å². The highest BCUT2D eigenvalue weighted by atomic mass is 16.5. The summed E-state index contributed by atoms with van der Waals surface area (Å²) >= 11 is 0. The van der Waals surface area contributed by atoms with Gasteiger partial charge in [-0.1, -0.05) is 0 Å². The van der Waals surface area contributed by atoms with Crippen molar-refractivity contribution in [2.24, 2.45) is 18.9 Å². The van der Waals surface area contributed by atoms with E-state index in [1.165, 1.54) is 4.90 Å². The number of aryl methyl sites for hydroxylation is 2. The second-order valence-corrected chi connectivity index (χ2v) is 7.44. The maximum Gasteiger partial charge on any atom is 0.243 e. The molecule has 0 bridgehead atoms. The molecule has 0 aliphatic carbocycles. The number of rotatable bonds is 5. The number of aliphatic carboxylic acids is 1. The Balaban J connectivity index is 1.62. The van der Waals surface area contributed by atoms with E-state index in [2.05, 4.69) is 4.57 Å². The van der Waals surface area contributed by atoms with Crippen LogP contribution < -0.4 is 9.67 Å². The molecule has 5 atom stereocenters. The van der Waals surface area contributed by atoms with E-state index < -0.39 is 30.1 Å². The van der Waals surface area contributed by atoms with Crippen molar-refractivity contribution in [2.45, 2.75) is 44.6 Å². The van der Waals surface area contributed by atoms with Gasteiger partial charge in [0, 0.05) is 6.61 Å². The zero-order valence-corrected chi connectivity index (χ0v) is 14.9. The molecule has 4 rings (SSSR count). The number of carbonyl (C=O) groups is 2. The minimum Gasteiger partial charge on any atom is -0.543 e. The second-order valence-electron chi connectivity index (χ2n) is 7.44. The van der Waals surface area contributed by atoms with Crippen LogP contribution in [0.1, 0.15) is 19.8 Å². The van der Waals surface area contributed by atoms with Crippen LogP contribution in [0, 0.1) is 11.8 Å². The van der Waals surface area contributed by atoms with Crippen molar-refractivity contribution in [3.05, 3.63) is 30.0 Å². The molecule has 8 heteroatoms. The maximum atomic E-state index is 12.4. The van der Waals surface area contributed by atoms with Crippen molar-refractivity contribution in [3.8, 4) is 0 Å². The van der Waals surface area contributed by atoms with Crippen LogP contribution >= 0.6 is 0 Å². The summed E-state index contributed by atoms with van der Waals surface area (Å²) in [5.74, 6) is -2.30. The number of amides is 1. The van der Waals surface area contributed by atoms with Crippen molar-refractivity contribution in [3.63, 3.8) is 0 Å². The van der Waals surface area contributed by atoms with Gasteiger partial charge >= 0.3 is 0 Å². The van der Waals surface area contributed by atoms with Gasteiger partial charge in [0.25, 0.3) is 0 Å². The number of aliphatic hydroxyl groups excluding tert-OH is 1. The standard InChI is InChI=1S/C18H23N3O5/c1-10(22)12-14-16-13(15(18(24)25)21(14)17(12)23)11(4-8-26-16)3-5-20-7-6-19(2)9-20/h6-7,9-12,14,16,22H,3-5,8H2,1-2H3/t10-,11+,12-,14+,16+/m1/s1. The van der Waals surface area contributed by atoms with Crippen molar-refractivity contribution in [2.75, 3.05) is 6.61 Å². The third-order valence-corrected chi connectivity index (χ3v) is 5.80. The molecule has 0 aromatic carbocycles. The highest BCUT2D eigenvalue weighted by Crippen LogP contribution is 2.49. The number of aliphatic hydroxyl groups is 1. The van der Waals surface area contributed by atoms with Gasteiger partial charge in [-0.25, -0.2) is 9.13 Å². The summed E-state index contributed by atoms with van der Waals surface area (Å²) in [5.41, 5.74) is 0.624. The molecule has 3 aliphatic rings. The summed E-state index contributed by atoms with van der Waals surface area (Å²) in [6.45, 7) is 2.83. The van der Waals surface area contributed by atoms with Crippen LogP contribution in [0.3, 0.4) is 0 Å². The van der Waals surface area contributed by atoms with Gasteiger partial charge in [0.1, 0.15) is 18.5 Å².